The molecular formula is C17H14F4N2O3S. The van der Waals surface area contributed by atoms with E-state index in [-0.39, 0.29) is 36.8 Å². The SMILES string of the molecule is O=C(c1sccc1OC(F)F)N1CCN(C(=O)c2c(F)cccc2F)CC1. The molecule has 144 valence electrons. The maximum Gasteiger partial charge on any atom is 0.387 e. The Balaban J connectivity index is 1.66. The number of carbonyl (C=O) groups is 2. The first kappa shape index (κ1) is 19.2. The molecule has 1 aliphatic heterocycles. The molecule has 2 amide bonds. The van der Waals surface area contributed by atoms with Crippen molar-refractivity contribution in [2.24, 2.45) is 0 Å². The van der Waals surface area contributed by atoms with Crippen molar-refractivity contribution in [3.05, 3.63) is 51.7 Å². The van der Waals surface area contributed by atoms with Crippen LogP contribution < -0.4 is 4.74 Å². The number of benzene rings is 1. The molecule has 3 rings (SSSR count). The van der Waals surface area contributed by atoms with Crippen LogP contribution in [0.3, 0.4) is 0 Å². The molecule has 1 fully saturated rings. The average Bonchev–Trinajstić information content (AvgIpc) is 3.08. The molecule has 0 aliphatic carbocycles. The zero-order valence-electron chi connectivity index (χ0n) is 13.8. The van der Waals surface area contributed by atoms with Crippen LogP contribution in [-0.2, 0) is 0 Å². The lowest BCUT2D eigenvalue weighted by molar-refractivity contribution is -0.0499. The number of hydrogen-bond acceptors (Lipinski definition) is 4. The number of piperazine rings is 1. The minimum absolute atomic E-state index is 0.0372. The van der Waals surface area contributed by atoms with Crippen LogP contribution in [-0.4, -0.2) is 54.4 Å². The summed E-state index contributed by atoms with van der Waals surface area (Å²) in [6.45, 7) is -2.71. The van der Waals surface area contributed by atoms with Gasteiger partial charge in [0.15, 0.2) is 0 Å². The molecule has 0 saturated carbocycles. The van der Waals surface area contributed by atoms with Gasteiger partial charge >= 0.3 is 6.61 Å². The predicted octanol–water partition coefficient (Wildman–Crippen LogP) is 3.23. The van der Waals surface area contributed by atoms with Crippen molar-refractivity contribution >= 4 is 23.2 Å². The third kappa shape index (κ3) is 4.05. The maximum atomic E-state index is 13.8. The van der Waals surface area contributed by atoms with Crippen molar-refractivity contribution in [3.63, 3.8) is 0 Å². The van der Waals surface area contributed by atoms with E-state index in [2.05, 4.69) is 4.74 Å². The molecule has 1 aromatic carbocycles. The molecule has 1 aromatic heterocycles. The number of nitrogens with zero attached hydrogens (tertiary/aromatic N) is 2. The summed E-state index contributed by atoms with van der Waals surface area (Å²) >= 11 is 0.972. The Kier molecular flexibility index (Phi) is 5.64. The van der Waals surface area contributed by atoms with Gasteiger partial charge in [-0.1, -0.05) is 6.07 Å². The van der Waals surface area contributed by atoms with Gasteiger partial charge in [0.25, 0.3) is 11.8 Å². The van der Waals surface area contributed by atoms with Crippen LogP contribution >= 0.6 is 11.3 Å². The molecule has 2 aromatic rings. The van der Waals surface area contributed by atoms with E-state index in [9.17, 15) is 27.2 Å². The fourth-order valence-corrected chi connectivity index (χ4v) is 3.55. The fraction of sp³-hybridized carbons (Fsp3) is 0.294. The van der Waals surface area contributed by atoms with E-state index in [1.54, 1.807) is 0 Å². The molecule has 0 unspecified atom stereocenters. The zero-order valence-corrected chi connectivity index (χ0v) is 14.6. The first-order chi connectivity index (χ1) is 12.9. The van der Waals surface area contributed by atoms with Gasteiger partial charge in [-0.05, 0) is 23.6 Å². The van der Waals surface area contributed by atoms with E-state index in [0.717, 1.165) is 29.5 Å². The number of amides is 2. The Morgan fingerprint density at radius 1 is 0.963 bits per heavy atom. The molecule has 5 nitrogen and oxygen atoms in total. The first-order valence-electron chi connectivity index (χ1n) is 7.93. The number of halogens is 4. The number of carbonyl (C=O) groups excluding carboxylic acids is 2. The van der Waals surface area contributed by atoms with Crippen molar-refractivity contribution in [3.8, 4) is 5.75 Å². The van der Waals surface area contributed by atoms with Crippen LogP contribution in [0.2, 0.25) is 0 Å². The normalized spacial score (nSPS) is 14.6. The zero-order chi connectivity index (χ0) is 19.6. The summed E-state index contributed by atoms with van der Waals surface area (Å²) in [5, 5.41) is 1.46. The van der Waals surface area contributed by atoms with Gasteiger partial charge in [-0.2, -0.15) is 8.78 Å². The van der Waals surface area contributed by atoms with E-state index in [1.165, 1.54) is 21.2 Å². The summed E-state index contributed by atoms with van der Waals surface area (Å²) in [5.74, 6) is -3.40. The van der Waals surface area contributed by atoms with Crippen LogP contribution in [0.25, 0.3) is 0 Å². The van der Waals surface area contributed by atoms with E-state index in [0.29, 0.717) is 0 Å². The minimum atomic E-state index is -3.05. The number of alkyl halides is 2. The summed E-state index contributed by atoms with van der Waals surface area (Å²) in [7, 11) is 0. The Labute approximate surface area is 155 Å². The van der Waals surface area contributed by atoms with Gasteiger partial charge in [-0.15, -0.1) is 11.3 Å². The highest BCUT2D eigenvalue weighted by Gasteiger charge is 2.30. The highest BCUT2D eigenvalue weighted by atomic mass is 32.1. The van der Waals surface area contributed by atoms with Gasteiger partial charge in [0, 0.05) is 26.2 Å². The number of thiophene rings is 1. The van der Waals surface area contributed by atoms with Crippen LogP contribution in [0.5, 0.6) is 5.75 Å². The van der Waals surface area contributed by atoms with Gasteiger partial charge in [0.2, 0.25) is 0 Å². The summed E-state index contributed by atoms with van der Waals surface area (Å²) in [6, 6.07) is 4.44. The smallest absolute Gasteiger partial charge is 0.387 e. The van der Waals surface area contributed by atoms with E-state index in [4.69, 9.17) is 0 Å². The largest absolute Gasteiger partial charge is 0.433 e. The van der Waals surface area contributed by atoms with Gasteiger partial charge < -0.3 is 14.5 Å². The summed E-state index contributed by atoms with van der Waals surface area (Å²) in [4.78, 5) is 27.5. The second kappa shape index (κ2) is 7.95. The van der Waals surface area contributed by atoms with Crippen molar-refractivity contribution < 1.29 is 31.9 Å². The molecule has 1 saturated heterocycles. The number of rotatable bonds is 4. The third-order valence-electron chi connectivity index (χ3n) is 4.07. The lowest BCUT2D eigenvalue weighted by Gasteiger charge is -2.34. The molecule has 1 aliphatic rings. The Morgan fingerprint density at radius 3 is 2.07 bits per heavy atom. The van der Waals surface area contributed by atoms with Crippen molar-refractivity contribution in [1.29, 1.82) is 0 Å². The maximum absolute atomic E-state index is 13.8. The van der Waals surface area contributed by atoms with Crippen LogP contribution in [0.1, 0.15) is 20.0 Å². The predicted molar refractivity (Wildman–Crippen MR) is 89.1 cm³/mol. The minimum Gasteiger partial charge on any atom is -0.433 e. The Bertz CT molecular complexity index is 830. The average molecular weight is 402 g/mol. The standard InChI is InChI=1S/C17H14F4N2O3S/c18-10-2-1-3-11(19)13(10)15(24)22-5-7-23(8-6-22)16(25)14-12(4-9-27-14)26-17(20)21/h1-4,9,17H,5-8H2. The molecule has 27 heavy (non-hydrogen) atoms. The van der Waals surface area contributed by atoms with Crippen molar-refractivity contribution in [2.45, 2.75) is 6.61 Å². The number of hydrogen-bond donors (Lipinski definition) is 0. The topological polar surface area (TPSA) is 49.9 Å². The monoisotopic (exact) mass is 402 g/mol. The van der Waals surface area contributed by atoms with E-state index < -0.39 is 35.6 Å². The molecule has 0 bridgehead atoms. The highest BCUT2D eigenvalue weighted by molar-refractivity contribution is 7.12. The lowest BCUT2D eigenvalue weighted by atomic mass is 10.1. The Hall–Kier alpha value is -2.62. The first-order valence-corrected chi connectivity index (χ1v) is 8.81. The molecule has 10 heteroatoms. The summed E-state index contributed by atoms with van der Waals surface area (Å²) in [6.07, 6.45) is 0. The third-order valence-corrected chi connectivity index (χ3v) is 4.95. The molecule has 0 radical (unpaired) electrons. The molecule has 0 spiro atoms. The van der Waals surface area contributed by atoms with Crippen LogP contribution in [0.4, 0.5) is 17.6 Å². The van der Waals surface area contributed by atoms with Crippen LogP contribution in [0, 0.1) is 11.6 Å². The molecule has 0 N–H and O–H groups in total. The van der Waals surface area contributed by atoms with Crippen LogP contribution in [0.15, 0.2) is 29.6 Å². The number of ether oxygens (including phenoxy) is 1. The molecular weight excluding hydrogens is 388 g/mol. The van der Waals surface area contributed by atoms with Crippen molar-refractivity contribution in [2.75, 3.05) is 26.2 Å². The summed E-state index contributed by atoms with van der Waals surface area (Å²) < 4.78 is 56.7. The van der Waals surface area contributed by atoms with Gasteiger partial charge in [0.1, 0.15) is 27.8 Å². The summed E-state index contributed by atoms with van der Waals surface area (Å²) in [5.41, 5.74) is -0.636. The quantitative estimate of drug-likeness (QED) is 0.738. The highest BCUT2D eigenvalue weighted by Crippen LogP contribution is 2.28. The Morgan fingerprint density at radius 2 is 1.52 bits per heavy atom. The second-order valence-corrected chi connectivity index (χ2v) is 6.59. The van der Waals surface area contributed by atoms with E-state index in [1.807, 2.05) is 0 Å². The van der Waals surface area contributed by atoms with Gasteiger partial charge in [-0.25, -0.2) is 8.78 Å². The van der Waals surface area contributed by atoms with Gasteiger partial charge in [0.05, 0.1) is 0 Å². The van der Waals surface area contributed by atoms with Crippen molar-refractivity contribution in [1.82, 2.24) is 9.80 Å². The second-order valence-electron chi connectivity index (χ2n) is 5.67. The fourth-order valence-electron chi connectivity index (χ4n) is 2.76. The molecule has 2 heterocycles. The lowest BCUT2D eigenvalue weighted by Crippen LogP contribution is -2.50. The molecule has 0 atom stereocenters. The van der Waals surface area contributed by atoms with E-state index >= 15 is 0 Å². The van der Waals surface area contributed by atoms with Gasteiger partial charge in [-0.3, -0.25) is 9.59 Å².